The van der Waals surface area contributed by atoms with Gasteiger partial charge in [-0.25, -0.2) is 9.78 Å². The summed E-state index contributed by atoms with van der Waals surface area (Å²) in [6.45, 7) is 3.34. The number of nitrogens with zero attached hydrogens (tertiary/aromatic N) is 1. The summed E-state index contributed by atoms with van der Waals surface area (Å²) in [5.41, 5.74) is 11.4. The lowest BCUT2D eigenvalue weighted by atomic mass is 9.93. The van der Waals surface area contributed by atoms with Crippen molar-refractivity contribution in [2.24, 2.45) is 11.7 Å². The number of rotatable bonds is 8. The van der Waals surface area contributed by atoms with Gasteiger partial charge in [-0.2, -0.15) is 0 Å². The average molecular weight is 597 g/mol. The molecule has 9 nitrogen and oxygen atoms in total. The second kappa shape index (κ2) is 12.0. The second-order valence-electron chi connectivity index (χ2n) is 10.8. The van der Waals surface area contributed by atoms with Gasteiger partial charge in [0.25, 0.3) is 11.8 Å². The molecule has 43 heavy (non-hydrogen) atoms. The summed E-state index contributed by atoms with van der Waals surface area (Å²) >= 11 is 1.59. The van der Waals surface area contributed by atoms with E-state index >= 15 is 0 Å². The van der Waals surface area contributed by atoms with E-state index in [4.69, 9.17) is 15.2 Å². The summed E-state index contributed by atoms with van der Waals surface area (Å²) in [5.74, 6) is -0.372. The van der Waals surface area contributed by atoms with Crippen LogP contribution in [-0.4, -0.2) is 43.0 Å². The number of hydrogen-bond acceptors (Lipinski definition) is 8. The third kappa shape index (κ3) is 5.89. The molecule has 2 aromatic carbocycles. The van der Waals surface area contributed by atoms with Gasteiger partial charge < -0.3 is 25.8 Å². The Morgan fingerprint density at radius 3 is 2.63 bits per heavy atom. The molecule has 220 valence electrons. The number of aromatic nitrogens is 1. The van der Waals surface area contributed by atoms with Crippen molar-refractivity contribution in [3.8, 4) is 27.3 Å². The number of benzene rings is 2. The van der Waals surface area contributed by atoms with Crippen LogP contribution in [0.4, 0.5) is 5.69 Å². The van der Waals surface area contributed by atoms with E-state index < -0.39 is 5.97 Å². The van der Waals surface area contributed by atoms with E-state index in [9.17, 15) is 14.4 Å². The van der Waals surface area contributed by atoms with Gasteiger partial charge in [0, 0.05) is 52.3 Å². The molecule has 2 amide bonds. The molecule has 1 aliphatic carbocycles. The molecule has 4 N–H and O–H groups in total. The standard InChI is InChI=1S/C33H32N4O5S/c1-18-13-20(16-34)5-7-26(18)37-31(38)24-14-25-28(42-11-9-21-10-12-43-30(21)25)15-23(24)22-6-8-27(36-29(22)33(40)41-2)32(39)35-17-19-3-4-19/h5-8,10,12-15,19H,3-4,9,11,16-17,34H2,1-2H3,(H,35,39)(H,37,38). The molecule has 2 aromatic heterocycles. The van der Waals surface area contributed by atoms with Gasteiger partial charge in [-0.05, 0) is 84.2 Å². The van der Waals surface area contributed by atoms with Crippen molar-refractivity contribution in [2.45, 2.75) is 32.7 Å². The number of aryl methyl sites for hydroxylation is 1. The van der Waals surface area contributed by atoms with Crippen molar-refractivity contribution in [3.63, 3.8) is 0 Å². The topological polar surface area (TPSA) is 133 Å². The molecule has 2 aliphatic rings. The fourth-order valence-electron chi connectivity index (χ4n) is 5.21. The Morgan fingerprint density at radius 2 is 1.88 bits per heavy atom. The predicted molar refractivity (Wildman–Crippen MR) is 166 cm³/mol. The van der Waals surface area contributed by atoms with Crippen molar-refractivity contribution < 1.29 is 23.9 Å². The molecule has 0 atom stereocenters. The molecule has 1 saturated carbocycles. The van der Waals surface area contributed by atoms with Gasteiger partial charge in [-0.3, -0.25) is 9.59 Å². The summed E-state index contributed by atoms with van der Waals surface area (Å²) in [6, 6.07) is 14.5. The maximum atomic E-state index is 14.0. The van der Waals surface area contributed by atoms with E-state index in [0.717, 1.165) is 46.4 Å². The number of anilines is 1. The number of thiophene rings is 1. The normalized spacial score (nSPS) is 13.7. The predicted octanol–water partition coefficient (Wildman–Crippen LogP) is 5.36. The summed E-state index contributed by atoms with van der Waals surface area (Å²) in [4.78, 5) is 45.4. The van der Waals surface area contributed by atoms with Crippen LogP contribution in [0.5, 0.6) is 5.75 Å². The zero-order valence-corrected chi connectivity index (χ0v) is 24.8. The van der Waals surface area contributed by atoms with Gasteiger partial charge in [0.15, 0.2) is 5.69 Å². The number of pyridine rings is 1. The lowest BCUT2D eigenvalue weighted by molar-refractivity contribution is 0.0594. The zero-order valence-electron chi connectivity index (χ0n) is 24.0. The maximum Gasteiger partial charge on any atom is 0.357 e. The highest BCUT2D eigenvalue weighted by molar-refractivity contribution is 7.13. The highest BCUT2D eigenvalue weighted by Crippen LogP contribution is 2.43. The zero-order chi connectivity index (χ0) is 30.1. The molecule has 1 aliphatic heterocycles. The Morgan fingerprint density at radius 1 is 1.05 bits per heavy atom. The molecule has 0 saturated heterocycles. The summed E-state index contributed by atoms with van der Waals surface area (Å²) < 4.78 is 11.2. The van der Waals surface area contributed by atoms with E-state index in [0.29, 0.717) is 53.7 Å². The van der Waals surface area contributed by atoms with Crippen LogP contribution in [0, 0.1) is 12.8 Å². The van der Waals surface area contributed by atoms with E-state index in [2.05, 4.69) is 21.7 Å². The first kappa shape index (κ1) is 28.6. The van der Waals surface area contributed by atoms with Crippen LogP contribution in [0.2, 0.25) is 0 Å². The van der Waals surface area contributed by atoms with Crippen molar-refractivity contribution in [1.29, 1.82) is 0 Å². The minimum atomic E-state index is -0.720. The van der Waals surface area contributed by atoms with Gasteiger partial charge in [-0.15, -0.1) is 11.3 Å². The van der Waals surface area contributed by atoms with Crippen molar-refractivity contribution in [3.05, 3.63) is 87.6 Å². The van der Waals surface area contributed by atoms with Gasteiger partial charge >= 0.3 is 5.97 Å². The number of carbonyl (C=O) groups is 3. The molecular weight excluding hydrogens is 564 g/mol. The van der Waals surface area contributed by atoms with Gasteiger partial charge in [-0.1, -0.05) is 12.1 Å². The number of methoxy groups -OCH3 is 1. The quantitative estimate of drug-likeness (QED) is 0.233. The van der Waals surface area contributed by atoms with Crippen LogP contribution < -0.4 is 21.1 Å². The lowest BCUT2D eigenvalue weighted by Gasteiger charge is -2.18. The highest BCUT2D eigenvalue weighted by Gasteiger charge is 2.28. The molecular formula is C33H32N4O5S. The molecule has 0 bridgehead atoms. The summed E-state index contributed by atoms with van der Waals surface area (Å²) in [5, 5.41) is 7.95. The van der Waals surface area contributed by atoms with Crippen molar-refractivity contribution >= 4 is 34.8 Å². The van der Waals surface area contributed by atoms with E-state index in [1.165, 1.54) is 7.11 Å². The molecule has 6 rings (SSSR count). The molecule has 3 heterocycles. The third-order valence-electron chi connectivity index (χ3n) is 7.80. The Balaban J connectivity index is 1.47. The van der Waals surface area contributed by atoms with Crippen LogP contribution in [0.3, 0.4) is 0 Å². The first-order chi connectivity index (χ1) is 20.9. The first-order valence-corrected chi connectivity index (χ1v) is 15.1. The van der Waals surface area contributed by atoms with Crippen molar-refractivity contribution in [2.75, 3.05) is 25.6 Å². The minimum Gasteiger partial charge on any atom is -0.493 e. The minimum absolute atomic E-state index is 0.0653. The number of fused-ring (bicyclic) bond motifs is 3. The number of carbonyl (C=O) groups excluding carboxylic acids is 3. The largest absolute Gasteiger partial charge is 0.493 e. The average Bonchev–Trinajstić information content (AvgIpc) is 3.78. The number of nitrogens with two attached hydrogens (primary N) is 1. The fourth-order valence-corrected chi connectivity index (χ4v) is 6.19. The van der Waals surface area contributed by atoms with Crippen LogP contribution in [0.25, 0.3) is 21.6 Å². The number of nitrogens with one attached hydrogen (secondary N) is 2. The van der Waals surface area contributed by atoms with E-state index in [1.807, 2.05) is 36.6 Å². The fraction of sp³-hybridized carbons (Fsp3) is 0.273. The monoisotopic (exact) mass is 596 g/mol. The summed E-state index contributed by atoms with van der Waals surface area (Å²) in [7, 11) is 1.26. The Hall–Kier alpha value is -4.54. The molecule has 1 fully saturated rings. The highest BCUT2D eigenvalue weighted by atomic mass is 32.1. The SMILES string of the molecule is COC(=O)c1nc(C(=O)NCC2CC2)ccc1-c1cc2c(cc1C(=O)Nc1ccc(CN)cc1C)-c1sccc1CCO2. The second-order valence-corrected chi connectivity index (χ2v) is 11.7. The van der Waals surface area contributed by atoms with Crippen LogP contribution in [0.1, 0.15) is 60.9 Å². The number of hydrogen-bond donors (Lipinski definition) is 3. The van der Waals surface area contributed by atoms with Gasteiger partial charge in [0.2, 0.25) is 0 Å². The Kier molecular flexibility index (Phi) is 7.96. The number of esters is 1. The van der Waals surface area contributed by atoms with Gasteiger partial charge in [0.1, 0.15) is 11.4 Å². The number of ether oxygens (including phenoxy) is 2. The smallest absolute Gasteiger partial charge is 0.357 e. The molecule has 10 heteroatoms. The number of amides is 2. The lowest BCUT2D eigenvalue weighted by Crippen LogP contribution is -2.27. The molecule has 0 unspecified atom stereocenters. The van der Waals surface area contributed by atoms with Crippen LogP contribution in [0.15, 0.2) is 53.9 Å². The Bertz CT molecular complexity index is 1740. The summed E-state index contributed by atoms with van der Waals surface area (Å²) in [6.07, 6.45) is 2.92. The van der Waals surface area contributed by atoms with Crippen LogP contribution >= 0.6 is 11.3 Å². The van der Waals surface area contributed by atoms with Crippen LogP contribution in [-0.2, 0) is 17.7 Å². The van der Waals surface area contributed by atoms with E-state index in [1.54, 1.807) is 29.5 Å². The van der Waals surface area contributed by atoms with Crippen molar-refractivity contribution in [1.82, 2.24) is 10.3 Å². The molecule has 0 spiro atoms. The van der Waals surface area contributed by atoms with Gasteiger partial charge in [0.05, 0.1) is 13.7 Å². The van der Waals surface area contributed by atoms with E-state index in [-0.39, 0.29) is 23.2 Å². The Labute approximate surface area is 253 Å². The first-order valence-electron chi connectivity index (χ1n) is 14.2. The molecule has 4 aromatic rings. The maximum absolute atomic E-state index is 14.0. The molecule has 0 radical (unpaired) electrons. The third-order valence-corrected chi connectivity index (χ3v) is 8.79.